The minimum absolute atomic E-state index is 0.0291. The van der Waals surface area contributed by atoms with E-state index in [1.54, 1.807) is 11.8 Å². The number of ether oxygens (including phenoxy) is 1. The molecule has 0 aromatic heterocycles. The fourth-order valence-corrected chi connectivity index (χ4v) is 6.17. The molecule has 8 heteroatoms. The second-order valence-electron chi connectivity index (χ2n) is 11.2. The molecular formula is C30H33N3O5. The maximum Gasteiger partial charge on any atom is 0.418 e. The van der Waals surface area contributed by atoms with Crippen LogP contribution in [0, 0.1) is 5.92 Å². The average Bonchev–Trinajstić information content (AvgIpc) is 3.62. The van der Waals surface area contributed by atoms with Gasteiger partial charge in [-0.3, -0.25) is 14.4 Å². The van der Waals surface area contributed by atoms with Gasteiger partial charge in [0.25, 0.3) is 5.91 Å². The summed E-state index contributed by atoms with van der Waals surface area (Å²) in [7, 11) is 0. The molecule has 8 nitrogen and oxygen atoms in total. The van der Waals surface area contributed by atoms with Crippen molar-refractivity contribution in [1.29, 1.82) is 0 Å². The Morgan fingerprint density at radius 1 is 1.11 bits per heavy atom. The van der Waals surface area contributed by atoms with E-state index in [2.05, 4.69) is 6.07 Å². The summed E-state index contributed by atoms with van der Waals surface area (Å²) in [5.41, 5.74) is 2.49. The number of benzene rings is 2. The minimum Gasteiger partial charge on any atom is -0.427 e. The average molecular weight is 516 g/mol. The van der Waals surface area contributed by atoms with Gasteiger partial charge in [0.15, 0.2) is 0 Å². The lowest BCUT2D eigenvalue weighted by atomic mass is 9.87. The van der Waals surface area contributed by atoms with Crippen LogP contribution in [0.2, 0.25) is 0 Å². The van der Waals surface area contributed by atoms with Gasteiger partial charge in [0, 0.05) is 50.5 Å². The van der Waals surface area contributed by atoms with Gasteiger partial charge in [0.05, 0.1) is 0 Å². The first-order valence-electron chi connectivity index (χ1n) is 13.5. The summed E-state index contributed by atoms with van der Waals surface area (Å²) in [5.74, 6) is 0.107. The highest BCUT2D eigenvalue weighted by Gasteiger charge is 2.58. The Kier molecular flexibility index (Phi) is 6.00. The van der Waals surface area contributed by atoms with Gasteiger partial charge in [-0.25, -0.2) is 9.69 Å². The Morgan fingerprint density at radius 3 is 2.53 bits per heavy atom. The second-order valence-corrected chi connectivity index (χ2v) is 11.2. The predicted molar refractivity (Wildman–Crippen MR) is 139 cm³/mol. The van der Waals surface area contributed by atoms with E-state index < -0.39 is 17.6 Å². The molecule has 1 saturated carbocycles. The zero-order valence-corrected chi connectivity index (χ0v) is 21.9. The minimum atomic E-state index is -1.36. The highest BCUT2D eigenvalue weighted by Crippen LogP contribution is 2.46. The van der Waals surface area contributed by atoms with Crippen LogP contribution in [0.4, 0.5) is 4.79 Å². The van der Waals surface area contributed by atoms with Gasteiger partial charge in [-0.2, -0.15) is 0 Å². The van der Waals surface area contributed by atoms with Crippen molar-refractivity contribution in [1.82, 2.24) is 14.7 Å². The number of fused-ring (bicyclic) bond motifs is 2. The Hall–Kier alpha value is -3.68. The first-order valence-corrected chi connectivity index (χ1v) is 13.5. The summed E-state index contributed by atoms with van der Waals surface area (Å²) < 4.78 is 5.78. The zero-order chi connectivity index (χ0) is 26.6. The highest BCUT2D eigenvalue weighted by molar-refractivity contribution is 6.06. The molecule has 2 saturated heterocycles. The number of carbonyl (C=O) groups excluding carboxylic acids is 4. The van der Waals surface area contributed by atoms with E-state index in [0.29, 0.717) is 44.0 Å². The van der Waals surface area contributed by atoms with Crippen molar-refractivity contribution < 1.29 is 23.9 Å². The summed E-state index contributed by atoms with van der Waals surface area (Å²) in [6, 6.07) is 15.8. The predicted octanol–water partition coefficient (Wildman–Crippen LogP) is 3.58. The van der Waals surface area contributed by atoms with Crippen molar-refractivity contribution in [3.8, 4) is 0 Å². The van der Waals surface area contributed by atoms with Crippen molar-refractivity contribution in [3.05, 3.63) is 70.8 Å². The van der Waals surface area contributed by atoms with Crippen LogP contribution in [0.5, 0.6) is 0 Å². The molecule has 3 fully saturated rings. The molecule has 6 rings (SSSR count). The van der Waals surface area contributed by atoms with Crippen molar-refractivity contribution in [2.45, 2.75) is 63.6 Å². The normalized spacial score (nSPS) is 23.3. The third-order valence-corrected chi connectivity index (χ3v) is 8.79. The Bertz CT molecular complexity index is 1300. The van der Waals surface area contributed by atoms with E-state index in [9.17, 15) is 19.2 Å². The smallest absolute Gasteiger partial charge is 0.418 e. The van der Waals surface area contributed by atoms with Gasteiger partial charge >= 0.3 is 6.09 Å². The maximum absolute atomic E-state index is 13.7. The quantitative estimate of drug-likeness (QED) is 0.563. The molecule has 4 aliphatic rings. The topological polar surface area (TPSA) is 87.2 Å². The zero-order valence-electron chi connectivity index (χ0n) is 21.9. The number of rotatable bonds is 7. The number of amides is 4. The molecule has 2 heterocycles. The fourth-order valence-electron chi connectivity index (χ4n) is 6.17. The van der Waals surface area contributed by atoms with Gasteiger partial charge in [0.2, 0.25) is 17.4 Å². The number of carbonyl (C=O) groups is 4. The first kappa shape index (κ1) is 24.6. The van der Waals surface area contributed by atoms with Gasteiger partial charge < -0.3 is 14.5 Å². The number of imide groups is 1. The Labute approximate surface area is 222 Å². The lowest BCUT2D eigenvalue weighted by molar-refractivity contribution is -0.143. The Morgan fingerprint density at radius 2 is 1.84 bits per heavy atom. The summed E-state index contributed by atoms with van der Waals surface area (Å²) >= 11 is 0. The molecule has 2 aromatic carbocycles. The molecule has 2 aliphatic heterocycles. The van der Waals surface area contributed by atoms with Crippen molar-refractivity contribution in [2.75, 3.05) is 19.6 Å². The van der Waals surface area contributed by atoms with Gasteiger partial charge in [-0.15, -0.1) is 0 Å². The van der Waals surface area contributed by atoms with Crippen LogP contribution in [-0.2, 0) is 37.7 Å². The maximum atomic E-state index is 13.7. The fraction of sp³-hybridized carbons (Fsp3) is 0.467. The molecular weight excluding hydrogens is 482 g/mol. The van der Waals surface area contributed by atoms with Crippen molar-refractivity contribution in [2.24, 2.45) is 5.92 Å². The third-order valence-electron chi connectivity index (χ3n) is 8.79. The molecule has 0 bridgehead atoms. The monoisotopic (exact) mass is 515 g/mol. The summed E-state index contributed by atoms with van der Waals surface area (Å²) in [4.78, 5) is 56.4. The molecule has 2 aliphatic carbocycles. The van der Waals surface area contributed by atoms with Crippen LogP contribution in [0.3, 0.4) is 0 Å². The molecule has 38 heavy (non-hydrogen) atoms. The van der Waals surface area contributed by atoms with Gasteiger partial charge in [0.1, 0.15) is 6.54 Å². The summed E-state index contributed by atoms with van der Waals surface area (Å²) in [6.45, 7) is 5.14. The molecule has 2 atom stereocenters. The van der Waals surface area contributed by atoms with Crippen LogP contribution < -0.4 is 0 Å². The molecule has 2 aromatic rings. The first-order chi connectivity index (χ1) is 18.3. The van der Waals surface area contributed by atoms with E-state index in [0.717, 1.165) is 34.4 Å². The Balaban J connectivity index is 1.19. The highest BCUT2D eigenvalue weighted by atomic mass is 16.6. The molecule has 198 valence electrons. The van der Waals surface area contributed by atoms with Crippen LogP contribution in [0.15, 0.2) is 48.5 Å². The molecule has 0 radical (unpaired) electrons. The second kappa shape index (κ2) is 9.26. The number of aryl methyl sites for hydroxylation is 1. The van der Waals surface area contributed by atoms with Crippen molar-refractivity contribution in [3.63, 3.8) is 0 Å². The number of hydrogen-bond acceptors (Lipinski definition) is 5. The largest absolute Gasteiger partial charge is 0.427 e. The molecule has 1 spiro atoms. The van der Waals surface area contributed by atoms with Crippen LogP contribution in [0.1, 0.15) is 61.3 Å². The van der Waals surface area contributed by atoms with Crippen LogP contribution in [-0.4, -0.2) is 64.2 Å². The number of likely N-dealkylation sites (tertiary alicyclic amines) is 1. The standard InChI is InChI=1S/C30H33N3O5/c1-19(22-8-9-22)32(15-21-6-4-3-5-7-21)27(35)18-33-28(36)30(38-29(33)37)13-12-24-14-23(10-11-26(24)30)25-16-31(17-25)20(2)34/h3-7,10-11,14,19,22,25H,8-9,12-13,15-18H2,1-2H3/t19-,30+/m0/s1. The van der Waals surface area contributed by atoms with Crippen LogP contribution >= 0.6 is 0 Å². The van der Waals surface area contributed by atoms with E-state index in [1.165, 1.54) is 0 Å². The van der Waals surface area contributed by atoms with E-state index in [1.807, 2.05) is 54.3 Å². The van der Waals surface area contributed by atoms with Crippen LogP contribution in [0.25, 0.3) is 0 Å². The van der Waals surface area contributed by atoms with E-state index in [4.69, 9.17) is 4.74 Å². The SMILES string of the molecule is CC(=O)N1CC(c2ccc3c(c2)CC[C@@]32OC(=O)N(CC(=O)N(Cc3ccccc3)[C@@H](C)C3CC3)C2=O)C1. The van der Waals surface area contributed by atoms with Crippen molar-refractivity contribution >= 4 is 23.8 Å². The molecule has 0 unspecified atom stereocenters. The van der Waals surface area contributed by atoms with Gasteiger partial charge in [-0.1, -0.05) is 48.5 Å². The van der Waals surface area contributed by atoms with Gasteiger partial charge in [-0.05, 0) is 48.8 Å². The number of hydrogen-bond donors (Lipinski definition) is 0. The summed E-state index contributed by atoms with van der Waals surface area (Å²) in [5, 5.41) is 0. The lowest BCUT2D eigenvalue weighted by Crippen LogP contribution is -2.47. The van der Waals surface area contributed by atoms with E-state index >= 15 is 0 Å². The molecule has 0 N–H and O–H groups in total. The van der Waals surface area contributed by atoms with E-state index in [-0.39, 0.29) is 30.3 Å². The number of nitrogens with zero attached hydrogens (tertiary/aromatic N) is 3. The summed E-state index contributed by atoms with van der Waals surface area (Å²) in [6.07, 6.45) is 2.40. The lowest BCUT2D eigenvalue weighted by Gasteiger charge is -2.39. The molecule has 4 amide bonds. The third kappa shape index (κ3) is 4.16.